The lowest BCUT2D eigenvalue weighted by Crippen LogP contribution is -2.47. The number of halogens is 3. The number of rotatable bonds is 6. The molecular weight excluding hydrogens is 502 g/mol. The number of hydrogen-bond acceptors (Lipinski definition) is 7. The highest BCUT2D eigenvalue weighted by Gasteiger charge is 2.27. The summed E-state index contributed by atoms with van der Waals surface area (Å²) in [5.74, 6) is -0.541. The number of nitrogens with one attached hydrogen (secondary N) is 1. The van der Waals surface area contributed by atoms with E-state index in [0.29, 0.717) is 43.2 Å². The SMILES string of the molecule is CC(C(=O)Nc1cc(N2C=Nc3cc(Br)ccc3C2O)ccc1OC(F)F)N1CCOCC1. The number of aliphatic imine (C=N–C) groups is 1. The molecule has 11 heteroatoms. The van der Waals surface area contributed by atoms with E-state index >= 15 is 0 Å². The Labute approximate surface area is 197 Å². The zero-order valence-electron chi connectivity index (χ0n) is 17.7. The van der Waals surface area contributed by atoms with E-state index in [1.165, 1.54) is 29.4 Å². The van der Waals surface area contributed by atoms with E-state index in [4.69, 9.17) is 4.74 Å². The molecular formula is C22H23BrF2N4O4. The molecule has 2 aliphatic heterocycles. The third-order valence-corrected chi connectivity index (χ3v) is 6.06. The first-order valence-corrected chi connectivity index (χ1v) is 11.1. The van der Waals surface area contributed by atoms with Crippen LogP contribution in [0.2, 0.25) is 0 Å². The van der Waals surface area contributed by atoms with Crippen LogP contribution in [0.25, 0.3) is 0 Å². The molecule has 0 aromatic heterocycles. The summed E-state index contributed by atoms with van der Waals surface area (Å²) >= 11 is 3.38. The summed E-state index contributed by atoms with van der Waals surface area (Å²) < 4.78 is 36.7. The summed E-state index contributed by atoms with van der Waals surface area (Å²) in [5.41, 5.74) is 1.70. The Hall–Kier alpha value is -2.60. The van der Waals surface area contributed by atoms with Crippen LogP contribution < -0.4 is 15.0 Å². The quantitative estimate of drug-likeness (QED) is 0.596. The number of alkyl halides is 2. The van der Waals surface area contributed by atoms with Crippen molar-refractivity contribution in [2.24, 2.45) is 4.99 Å². The topological polar surface area (TPSA) is 86.6 Å². The van der Waals surface area contributed by atoms with E-state index in [1.54, 1.807) is 25.1 Å². The average molecular weight is 525 g/mol. The number of carbonyl (C=O) groups excluding carboxylic acids is 1. The summed E-state index contributed by atoms with van der Waals surface area (Å²) in [5, 5.41) is 13.6. The maximum atomic E-state index is 13.0. The number of hydrogen-bond donors (Lipinski definition) is 2. The van der Waals surface area contributed by atoms with Crippen LogP contribution in [0.3, 0.4) is 0 Å². The Kier molecular flexibility index (Phi) is 7.23. The smallest absolute Gasteiger partial charge is 0.387 e. The summed E-state index contributed by atoms with van der Waals surface area (Å²) in [4.78, 5) is 20.7. The molecule has 4 rings (SSSR count). The second kappa shape index (κ2) is 10.1. The molecule has 1 saturated heterocycles. The second-order valence-electron chi connectivity index (χ2n) is 7.60. The number of morpholine rings is 1. The molecule has 0 saturated carbocycles. The van der Waals surface area contributed by atoms with E-state index in [9.17, 15) is 18.7 Å². The number of aliphatic hydroxyl groups is 1. The van der Waals surface area contributed by atoms with Crippen LogP contribution in [0, 0.1) is 0 Å². The molecule has 0 bridgehead atoms. The van der Waals surface area contributed by atoms with Crippen LogP contribution in [0.15, 0.2) is 45.9 Å². The van der Waals surface area contributed by atoms with Gasteiger partial charge in [0.25, 0.3) is 0 Å². The molecule has 2 atom stereocenters. The summed E-state index contributed by atoms with van der Waals surface area (Å²) in [6.07, 6.45) is 0.396. The van der Waals surface area contributed by atoms with E-state index in [2.05, 4.69) is 31.0 Å². The maximum absolute atomic E-state index is 13.0. The summed E-state index contributed by atoms with van der Waals surface area (Å²) in [6, 6.07) is 9.13. The summed E-state index contributed by atoms with van der Waals surface area (Å²) in [7, 11) is 0. The van der Waals surface area contributed by atoms with Gasteiger partial charge in [-0.05, 0) is 37.3 Å². The van der Waals surface area contributed by atoms with Gasteiger partial charge < -0.3 is 24.8 Å². The van der Waals surface area contributed by atoms with Crippen molar-refractivity contribution in [1.82, 2.24) is 4.90 Å². The van der Waals surface area contributed by atoms with Crippen molar-refractivity contribution in [1.29, 1.82) is 0 Å². The van der Waals surface area contributed by atoms with Crippen molar-refractivity contribution in [2.45, 2.75) is 25.8 Å². The van der Waals surface area contributed by atoms with Crippen molar-refractivity contribution in [2.75, 3.05) is 36.5 Å². The van der Waals surface area contributed by atoms with Gasteiger partial charge in [-0.2, -0.15) is 8.78 Å². The molecule has 2 heterocycles. The highest BCUT2D eigenvalue weighted by atomic mass is 79.9. The van der Waals surface area contributed by atoms with Gasteiger partial charge in [-0.15, -0.1) is 0 Å². The number of ether oxygens (including phenoxy) is 2. The van der Waals surface area contributed by atoms with E-state index in [1.807, 2.05) is 4.90 Å². The Morgan fingerprint density at radius 2 is 2.03 bits per heavy atom. The minimum Gasteiger partial charge on any atom is -0.433 e. The van der Waals surface area contributed by atoms with Crippen molar-refractivity contribution in [3.63, 3.8) is 0 Å². The predicted octanol–water partition coefficient (Wildman–Crippen LogP) is 3.88. The Morgan fingerprint density at radius 1 is 1.27 bits per heavy atom. The number of aliphatic hydroxyl groups excluding tert-OH is 1. The lowest BCUT2D eigenvalue weighted by atomic mass is 10.1. The molecule has 1 fully saturated rings. The molecule has 2 aromatic rings. The van der Waals surface area contributed by atoms with Gasteiger partial charge in [0, 0.05) is 28.8 Å². The van der Waals surface area contributed by atoms with E-state index in [-0.39, 0.29) is 17.3 Å². The first kappa shape index (κ1) is 23.6. The van der Waals surface area contributed by atoms with E-state index in [0.717, 1.165) is 4.47 Å². The predicted molar refractivity (Wildman–Crippen MR) is 123 cm³/mol. The van der Waals surface area contributed by atoms with Crippen LogP contribution in [0.1, 0.15) is 18.7 Å². The molecule has 2 N–H and O–H groups in total. The molecule has 2 aromatic carbocycles. The number of fused-ring (bicyclic) bond motifs is 1. The van der Waals surface area contributed by atoms with Crippen LogP contribution in [0.4, 0.5) is 25.8 Å². The van der Waals surface area contributed by atoms with Gasteiger partial charge in [-0.1, -0.05) is 22.0 Å². The first-order valence-electron chi connectivity index (χ1n) is 10.3. The lowest BCUT2D eigenvalue weighted by Gasteiger charge is -2.32. The fourth-order valence-electron chi connectivity index (χ4n) is 3.73. The summed E-state index contributed by atoms with van der Waals surface area (Å²) in [6.45, 7) is 0.931. The minimum absolute atomic E-state index is 0.0695. The van der Waals surface area contributed by atoms with Gasteiger partial charge in [0.05, 0.1) is 37.0 Å². The molecule has 1 amide bonds. The fraction of sp³-hybridized carbons (Fsp3) is 0.364. The van der Waals surface area contributed by atoms with Crippen molar-refractivity contribution >= 4 is 45.2 Å². The van der Waals surface area contributed by atoms with Gasteiger partial charge in [-0.3, -0.25) is 9.69 Å². The molecule has 176 valence electrons. The largest absolute Gasteiger partial charge is 0.433 e. The van der Waals surface area contributed by atoms with Gasteiger partial charge in [0.2, 0.25) is 5.91 Å². The van der Waals surface area contributed by atoms with Crippen LogP contribution in [-0.2, 0) is 9.53 Å². The van der Waals surface area contributed by atoms with Crippen molar-refractivity contribution in [3.05, 3.63) is 46.4 Å². The molecule has 0 aliphatic carbocycles. The molecule has 2 aliphatic rings. The molecule has 2 unspecified atom stereocenters. The molecule has 0 spiro atoms. The van der Waals surface area contributed by atoms with Crippen LogP contribution in [-0.4, -0.2) is 61.2 Å². The second-order valence-corrected chi connectivity index (χ2v) is 8.52. The zero-order chi connectivity index (χ0) is 23.5. The Balaban J connectivity index is 1.60. The third kappa shape index (κ3) is 5.32. The van der Waals surface area contributed by atoms with E-state index < -0.39 is 18.9 Å². The molecule has 0 radical (unpaired) electrons. The zero-order valence-corrected chi connectivity index (χ0v) is 19.3. The standard InChI is InChI=1S/C22H23BrF2N4O4/c1-13(28-6-8-32-9-7-28)20(30)27-18-11-15(3-5-19(18)33-22(24)25)29-12-26-17-10-14(23)2-4-16(17)21(29)31/h2-5,10-13,21-22,31H,6-9H2,1H3,(H,27,30). The fourth-order valence-corrected chi connectivity index (χ4v) is 4.08. The van der Waals surface area contributed by atoms with Crippen molar-refractivity contribution in [3.8, 4) is 5.75 Å². The van der Waals surface area contributed by atoms with Gasteiger partial charge in [0.1, 0.15) is 5.75 Å². The number of amides is 1. The number of benzene rings is 2. The lowest BCUT2D eigenvalue weighted by molar-refractivity contribution is -0.122. The molecule has 33 heavy (non-hydrogen) atoms. The number of nitrogens with zero attached hydrogens (tertiary/aromatic N) is 3. The monoisotopic (exact) mass is 524 g/mol. The average Bonchev–Trinajstić information content (AvgIpc) is 2.80. The van der Waals surface area contributed by atoms with Gasteiger partial charge in [0.15, 0.2) is 6.23 Å². The van der Waals surface area contributed by atoms with Gasteiger partial charge >= 0.3 is 6.61 Å². The third-order valence-electron chi connectivity index (χ3n) is 5.56. The highest BCUT2D eigenvalue weighted by molar-refractivity contribution is 9.10. The van der Waals surface area contributed by atoms with Crippen LogP contribution >= 0.6 is 15.9 Å². The number of anilines is 2. The van der Waals surface area contributed by atoms with Crippen molar-refractivity contribution < 1.29 is 28.2 Å². The first-order chi connectivity index (χ1) is 15.8. The normalized spacial score (nSPS) is 19.3. The highest BCUT2D eigenvalue weighted by Crippen LogP contribution is 2.38. The van der Waals surface area contributed by atoms with Gasteiger partial charge in [-0.25, -0.2) is 4.99 Å². The van der Waals surface area contributed by atoms with Crippen LogP contribution in [0.5, 0.6) is 5.75 Å². The Bertz CT molecular complexity index is 1050. The maximum Gasteiger partial charge on any atom is 0.387 e. The molecule has 8 nitrogen and oxygen atoms in total. The minimum atomic E-state index is -3.06. The Morgan fingerprint density at radius 3 is 2.76 bits per heavy atom. The number of carbonyl (C=O) groups is 1.